The Morgan fingerprint density at radius 3 is 2.70 bits per heavy atom. The highest BCUT2D eigenvalue weighted by Crippen LogP contribution is 2.33. The van der Waals surface area contributed by atoms with E-state index in [2.05, 4.69) is 4.90 Å². The molecule has 2 heterocycles. The van der Waals surface area contributed by atoms with Crippen molar-refractivity contribution in [3.63, 3.8) is 0 Å². The molecule has 27 heavy (non-hydrogen) atoms. The summed E-state index contributed by atoms with van der Waals surface area (Å²) >= 11 is 0. The van der Waals surface area contributed by atoms with E-state index in [1.54, 1.807) is 13.2 Å². The number of rotatable bonds is 4. The summed E-state index contributed by atoms with van der Waals surface area (Å²) in [6.07, 6.45) is 6.32. The van der Waals surface area contributed by atoms with Gasteiger partial charge in [0.15, 0.2) is 0 Å². The molecule has 2 aliphatic heterocycles. The summed E-state index contributed by atoms with van der Waals surface area (Å²) in [5, 5.41) is 9.29. The van der Waals surface area contributed by atoms with Crippen LogP contribution in [0.2, 0.25) is 0 Å². The average molecular weight is 373 g/mol. The highest BCUT2D eigenvalue weighted by atomic mass is 19.1. The van der Waals surface area contributed by atoms with E-state index in [9.17, 15) is 14.4 Å². The monoisotopic (exact) mass is 373 g/mol. The molecule has 5 nitrogen and oxygen atoms in total. The maximum atomic E-state index is 13.9. The second-order valence-electron chi connectivity index (χ2n) is 7.51. The van der Waals surface area contributed by atoms with Crippen molar-refractivity contribution in [1.29, 1.82) is 5.26 Å². The first-order chi connectivity index (χ1) is 13.2. The fraction of sp³-hybridized carbons (Fsp3) is 0.619. The van der Waals surface area contributed by atoms with Crippen LogP contribution in [0.15, 0.2) is 18.2 Å². The first-order valence-corrected chi connectivity index (χ1v) is 9.87. The third-order valence-corrected chi connectivity index (χ3v) is 5.92. The number of piperidine rings is 1. The van der Waals surface area contributed by atoms with Crippen LogP contribution < -0.4 is 4.90 Å². The van der Waals surface area contributed by atoms with Gasteiger partial charge in [-0.2, -0.15) is 5.26 Å². The van der Waals surface area contributed by atoms with Gasteiger partial charge >= 0.3 is 0 Å². The van der Waals surface area contributed by atoms with E-state index in [1.807, 2.05) is 17.0 Å². The Hall–Kier alpha value is -2.13. The van der Waals surface area contributed by atoms with Crippen molar-refractivity contribution in [2.45, 2.75) is 44.6 Å². The normalized spacial score (nSPS) is 21.6. The lowest BCUT2D eigenvalue weighted by molar-refractivity contribution is -0.138. The smallest absolute Gasteiger partial charge is 0.248 e. The van der Waals surface area contributed by atoms with Crippen LogP contribution in [0, 0.1) is 23.1 Å². The Kier molecular flexibility index (Phi) is 6.68. The number of likely N-dealkylation sites (tertiary alicyclic amines) is 1. The number of nitrogens with zero attached hydrogens (tertiary/aromatic N) is 3. The van der Waals surface area contributed by atoms with Crippen molar-refractivity contribution < 1.29 is 13.9 Å². The van der Waals surface area contributed by atoms with E-state index in [-0.39, 0.29) is 24.1 Å². The molecule has 0 saturated carbocycles. The maximum Gasteiger partial charge on any atom is 0.248 e. The van der Waals surface area contributed by atoms with Crippen molar-refractivity contribution in [1.82, 2.24) is 4.90 Å². The first kappa shape index (κ1) is 19.6. The average Bonchev–Trinajstić information content (AvgIpc) is 2.94. The Bertz CT molecular complexity index is 695. The van der Waals surface area contributed by atoms with E-state index in [0.717, 1.165) is 51.7 Å². The molecule has 146 valence electrons. The maximum absolute atomic E-state index is 13.9. The number of benzene rings is 1. The van der Waals surface area contributed by atoms with Gasteiger partial charge in [-0.25, -0.2) is 4.39 Å². The molecule has 0 radical (unpaired) electrons. The van der Waals surface area contributed by atoms with Crippen molar-refractivity contribution in [2.75, 3.05) is 38.3 Å². The summed E-state index contributed by atoms with van der Waals surface area (Å²) in [7, 11) is 1.56. The number of carbonyl (C=O) groups excluding carboxylic acids is 1. The molecule has 0 aliphatic carbocycles. The number of ether oxygens (including phenoxy) is 1. The van der Waals surface area contributed by atoms with Gasteiger partial charge in [0, 0.05) is 32.8 Å². The summed E-state index contributed by atoms with van der Waals surface area (Å²) in [4.78, 5) is 16.7. The Labute approximate surface area is 160 Å². The zero-order valence-electron chi connectivity index (χ0n) is 16.0. The van der Waals surface area contributed by atoms with Crippen LogP contribution in [0.25, 0.3) is 0 Å². The van der Waals surface area contributed by atoms with Crippen molar-refractivity contribution >= 4 is 11.6 Å². The molecule has 0 aromatic heterocycles. The molecule has 3 rings (SSSR count). The number of nitriles is 1. The summed E-state index contributed by atoms with van der Waals surface area (Å²) in [5.74, 6) is 0.0696. The van der Waals surface area contributed by atoms with Crippen LogP contribution in [-0.4, -0.2) is 50.2 Å². The molecule has 1 aromatic carbocycles. The molecule has 2 fully saturated rings. The number of methoxy groups -OCH3 is 1. The lowest BCUT2D eigenvalue weighted by atomic mass is 9.85. The number of hydrogen-bond acceptors (Lipinski definition) is 4. The predicted octanol–water partition coefficient (Wildman–Crippen LogP) is 3.33. The molecular weight excluding hydrogens is 345 g/mol. The topological polar surface area (TPSA) is 56.6 Å². The number of halogens is 1. The van der Waals surface area contributed by atoms with Gasteiger partial charge in [0.25, 0.3) is 0 Å². The zero-order valence-corrected chi connectivity index (χ0v) is 16.0. The van der Waals surface area contributed by atoms with Gasteiger partial charge in [0.1, 0.15) is 24.1 Å². The van der Waals surface area contributed by atoms with Gasteiger partial charge < -0.3 is 14.5 Å². The van der Waals surface area contributed by atoms with Crippen molar-refractivity contribution in [3.05, 3.63) is 29.6 Å². The van der Waals surface area contributed by atoms with Crippen molar-refractivity contribution in [3.8, 4) is 6.07 Å². The van der Waals surface area contributed by atoms with Gasteiger partial charge in [-0.1, -0.05) is 18.9 Å². The van der Waals surface area contributed by atoms with Crippen molar-refractivity contribution in [2.24, 2.45) is 5.92 Å². The molecule has 2 aliphatic rings. The third kappa shape index (κ3) is 4.41. The van der Waals surface area contributed by atoms with Crippen LogP contribution in [0.5, 0.6) is 0 Å². The highest BCUT2D eigenvalue weighted by molar-refractivity contribution is 5.77. The zero-order chi connectivity index (χ0) is 19.2. The summed E-state index contributed by atoms with van der Waals surface area (Å²) < 4.78 is 19.0. The molecule has 0 N–H and O–H groups in total. The molecule has 1 atom stereocenters. The molecule has 6 heteroatoms. The SMILES string of the molecule is COCC(=O)N1CCCCCC1C1CCN(c2cccc(F)c2C#N)CC1. The van der Waals surface area contributed by atoms with Crippen LogP contribution in [0.1, 0.15) is 44.1 Å². The largest absolute Gasteiger partial charge is 0.375 e. The number of carbonyl (C=O) groups is 1. The molecule has 1 amide bonds. The standard InChI is InChI=1S/C21H28FN3O2/c1-27-15-21(26)25-11-4-2-3-7-19(25)16-9-12-24(13-10-16)20-8-5-6-18(22)17(20)14-23/h5-6,8,16,19H,2-4,7,9-13,15H2,1H3. The van der Waals surface area contributed by atoms with Crippen LogP contribution in [0.3, 0.4) is 0 Å². The van der Waals surface area contributed by atoms with E-state index < -0.39 is 5.82 Å². The Morgan fingerprint density at radius 2 is 2.00 bits per heavy atom. The minimum absolute atomic E-state index is 0.0868. The predicted molar refractivity (Wildman–Crippen MR) is 102 cm³/mol. The van der Waals surface area contributed by atoms with E-state index in [4.69, 9.17) is 4.74 Å². The minimum atomic E-state index is -0.461. The molecule has 0 spiro atoms. The van der Waals surface area contributed by atoms with Gasteiger partial charge in [-0.15, -0.1) is 0 Å². The highest BCUT2D eigenvalue weighted by Gasteiger charge is 2.34. The fourth-order valence-corrected chi connectivity index (χ4v) is 4.55. The van der Waals surface area contributed by atoms with Gasteiger partial charge in [0.05, 0.1) is 5.69 Å². The van der Waals surface area contributed by atoms with Crippen LogP contribution >= 0.6 is 0 Å². The fourth-order valence-electron chi connectivity index (χ4n) is 4.55. The van der Waals surface area contributed by atoms with E-state index >= 15 is 0 Å². The molecule has 1 unspecified atom stereocenters. The minimum Gasteiger partial charge on any atom is -0.375 e. The number of hydrogen-bond donors (Lipinski definition) is 0. The van der Waals surface area contributed by atoms with Gasteiger partial charge in [-0.3, -0.25) is 4.79 Å². The van der Waals surface area contributed by atoms with Crippen LogP contribution in [0.4, 0.5) is 10.1 Å². The van der Waals surface area contributed by atoms with Gasteiger partial charge in [-0.05, 0) is 43.7 Å². The summed E-state index contributed by atoms with van der Waals surface area (Å²) in [5.41, 5.74) is 0.812. The third-order valence-electron chi connectivity index (χ3n) is 5.92. The van der Waals surface area contributed by atoms with E-state index in [1.165, 1.54) is 12.5 Å². The van der Waals surface area contributed by atoms with E-state index in [0.29, 0.717) is 11.6 Å². The lowest BCUT2D eigenvalue weighted by Crippen LogP contribution is -2.49. The molecule has 0 bridgehead atoms. The second kappa shape index (κ2) is 9.18. The molecular formula is C21H28FN3O2. The summed E-state index contributed by atoms with van der Waals surface area (Å²) in [6.45, 7) is 2.52. The Balaban J connectivity index is 1.69. The van der Waals surface area contributed by atoms with Crippen LogP contribution in [-0.2, 0) is 9.53 Å². The Morgan fingerprint density at radius 1 is 1.22 bits per heavy atom. The first-order valence-electron chi connectivity index (χ1n) is 9.87. The number of amides is 1. The second-order valence-corrected chi connectivity index (χ2v) is 7.51. The quantitative estimate of drug-likeness (QED) is 0.812. The van der Waals surface area contributed by atoms with Gasteiger partial charge in [0.2, 0.25) is 5.91 Å². The number of anilines is 1. The molecule has 1 aromatic rings. The lowest BCUT2D eigenvalue weighted by Gasteiger charge is -2.41. The summed E-state index contributed by atoms with van der Waals surface area (Å²) in [6, 6.07) is 7.08. The molecule has 2 saturated heterocycles.